The topological polar surface area (TPSA) is 58.6 Å². The summed E-state index contributed by atoms with van der Waals surface area (Å²) in [4.78, 5) is 25.9. The maximum atomic E-state index is 12.9. The van der Waals surface area contributed by atoms with E-state index in [1.54, 1.807) is 24.3 Å². The van der Waals surface area contributed by atoms with E-state index in [-0.39, 0.29) is 9.88 Å². The Morgan fingerprint density at radius 1 is 1.12 bits per heavy atom. The molecule has 5 nitrogen and oxygen atoms in total. The van der Waals surface area contributed by atoms with E-state index in [0.29, 0.717) is 22.3 Å². The average molecular weight is 495 g/mol. The number of hydrogen-bond donors (Lipinski definition) is 1. The minimum atomic E-state index is -0.506. The lowest BCUT2D eigenvalue weighted by molar-refractivity contribution is -0.123. The number of hydrazine groups is 1. The van der Waals surface area contributed by atoms with Crippen LogP contribution in [0.4, 0.5) is 0 Å². The van der Waals surface area contributed by atoms with Gasteiger partial charge < -0.3 is 4.74 Å². The van der Waals surface area contributed by atoms with Crippen LogP contribution in [0.3, 0.4) is 0 Å². The SMILES string of the molecule is Cc1ccc(C(=O)NN2C(=O)/C(=C\c3cccc(OCc4ccccc4)c3)SC2=S)c(Cl)c1. The predicted molar refractivity (Wildman–Crippen MR) is 136 cm³/mol. The van der Waals surface area contributed by atoms with Gasteiger partial charge in [-0.15, -0.1) is 0 Å². The number of ether oxygens (including phenoxy) is 1. The minimum absolute atomic E-state index is 0.235. The van der Waals surface area contributed by atoms with Gasteiger partial charge in [-0.3, -0.25) is 15.0 Å². The summed E-state index contributed by atoms with van der Waals surface area (Å²) in [5.74, 6) is -0.226. The molecular weight excluding hydrogens is 476 g/mol. The zero-order valence-corrected chi connectivity index (χ0v) is 20.0. The van der Waals surface area contributed by atoms with E-state index in [1.807, 2.05) is 61.5 Å². The highest BCUT2D eigenvalue weighted by atomic mass is 35.5. The Hall–Kier alpha value is -3.13. The molecule has 0 spiro atoms. The van der Waals surface area contributed by atoms with Crippen molar-refractivity contribution < 1.29 is 14.3 Å². The lowest BCUT2D eigenvalue weighted by atomic mass is 10.1. The fourth-order valence-electron chi connectivity index (χ4n) is 3.12. The zero-order valence-electron chi connectivity index (χ0n) is 17.6. The lowest BCUT2D eigenvalue weighted by Gasteiger charge is -2.16. The number of amides is 2. The Kier molecular flexibility index (Phi) is 7.13. The number of halogens is 1. The molecule has 0 saturated carbocycles. The van der Waals surface area contributed by atoms with Gasteiger partial charge in [-0.25, -0.2) is 0 Å². The molecule has 3 aromatic carbocycles. The molecule has 1 aliphatic rings. The van der Waals surface area contributed by atoms with Crippen LogP contribution in [0, 0.1) is 6.92 Å². The molecule has 0 unspecified atom stereocenters. The standard InChI is InChI=1S/C25H19ClN2O3S2/c1-16-10-11-20(21(26)12-16)23(29)27-28-24(30)22(33-25(28)32)14-18-8-5-9-19(13-18)31-15-17-6-3-2-4-7-17/h2-14H,15H2,1H3,(H,27,29)/b22-14+. The molecule has 0 atom stereocenters. The second-order valence-corrected chi connectivity index (χ2v) is 9.37. The Labute approximate surface area is 206 Å². The van der Waals surface area contributed by atoms with Crippen molar-refractivity contribution in [2.45, 2.75) is 13.5 Å². The zero-order chi connectivity index (χ0) is 23.4. The molecule has 1 fully saturated rings. The molecule has 2 amide bonds. The summed E-state index contributed by atoms with van der Waals surface area (Å²) in [6, 6.07) is 22.4. The first-order valence-corrected chi connectivity index (χ1v) is 11.6. The molecule has 8 heteroatoms. The quantitative estimate of drug-likeness (QED) is 0.348. The smallest absolute Gasteiger partial charge is 0.285 e. The van der Waals surface area contributed by atoms with Crippen LogP contribution in [0.2, 0.25) is 5.02 Å². The summed E-state index contributed by atoms with van der Waals surface area (Å²) in [5, 5.41) is 1.38. The van der Waals surface area contributed by atoms with E-state index in [1.165, 1.54) is 0 Å². The van der Waals surface area contributed by atoms with Gasteiger partial charge in [0, 0.05) is 0 Å². The second kappa shape index (κ2) is 10.2. The van der Waals surface area contributed by atoms with Gasteiger partial charge >= 0.3 is 0 Å². The number of rotatable bonds is 6. The van der Waals surface area contributed by atoms with E-state index in [9.17, 15) is 9.59 Å². The molecule has 4 rings (SSSR count). The summed E-state index contributed by atoms with van der Waals surface area (Å²) in [6.45, 7) is 2.32. The highest BCUT2D eigenvalue weighted by Gasteiger charge is 2.34. The van der Waals surface area contributed by atoms with E-state index in [2.05, 4.69) is 5.43 Å². The monoisotopic (exact) mass is 494 g/mol. The fraction of sp³-hybridized carbons (Fsp3) is 0.0800. The highest BCUT2D eigenvalue weighted by Crippen LogP contribution is 2.32. The summed E-state index contributed by atoms with van der Waals surface area (Å²) < 4.78 is 6.10. The highest BCUT2D eigenvalue weighted by molar-refractivity contribution is 8.26. The Bertz CT molecular complexity index is 1260. The van der Waals surface area contributed by atoms with Gasteiger partial charge in [0.05, 0.1) is 15.5 Å². The molecule has 0 aromatic heterocycles. The molecule has 0 bridgehead atoms. The van der Waals surface area contributed by atoms with Crippen molar-refractivity contribution in [1.29, 1.82) is 0 Å². The molecule has 1 aliphatic heterocycles. The van der Waals surface area contributed by atoms with Crippen molar-refractivity contribution in [3.05, 3.63) is 105 Å². The molecule has 0 aliphatic carbocycles. The predicted octanol–water partition coefficient (Wildman–Crippen LogP) is 5.77. The number of nitrogens with zero attached hydrogens (tertiary/aromatic N) is 1. The Balaban J connectivity index is 1.45. The first-order valence-electron chi connectivity index (χ1n) is 10.0. The van der Waals surface area contributed by atoms with Crippen molar-refractivity contribution in [3.63, 3.8) is 0 Å². The van der Waals surface area contributed by atoms with Gasteiger partial charge in [-0.1, -0.05) is 71.9 Å². The van der Waals surface area contributed by atoms with Crippen LogP contribution in [-0.2, 0) is 11.4 Å². The van der Waals surface area contributed by atoms with Crippen LogP contribution in [0.15, 0.2) is 77.7 Å². The third kappa shape index (κ3) is 5.63. The molecule has 3 aromatic rings. The van der Waals surface area contributed by atoms with E-state index in [0.717, 1.165) is 33.5 Å². The number of thiocarbonyl (C=S) groups is 1. The third-order valence-electron chi connectivity index (χ3n) is 4.78. The number of benzene rings is 3. The van der Waals surface area contributed by atoms with Gasteiger partial charge in [0.25, 0.3) is 11.8 Å². The molecular formula is C25H19ClN2O3S2. The van der Waals surface area contributed by atoms with Gasteiger partial charge in [-0.2, -0.15) is 5.01 Å². The lowest BCUT2D eigenvalue weighted by Crippen LogP contribution is -2.44. The molecule has 0 radical (unpaired) electrons. The second-order valence-electron chi connectivity index (χ2n) is 7.29. The number of hydrogen-bond acceptors (Lipinski definition) is 5. The van der Waals surface area contributed by atoms with Crippen molar-refractivity contribution in [3.8, 4) is 5.75 Å². The maximum absolute atomic E-state index is 12.9. The van der Waals surface area contributed by atoms with Crippen LogP contribution in [0.1, 0.15) is 27.0 Å². The number of nitrogens with one attached hydrogen (secondary N) is 1. The number of carbonyl (C=O) groups excluding carboxylic acids is 2. The number of aryl methyl sites for hydroxylation is 1. The van der Waals surface area contributed by atoms with Crippen LogP contribution in [0.25, 0.3) is 6.08 Å². The molecule has 1 heterocycles. The van der Waals surface area contributed by atoms with Crippen LogP contribution in [0.5, 0.6) is 5.75 Å². The number of thioether (sulfide) groups is 1. The first-order chi connectivity index (χ1) is 15.9. The van der Waals surface area contributed by atoms with Crippen LogP contribution in [-0.4, -0.2) is 21.1 Å². The molecule has 1 saturated heterocycles. The summed E-state index contributed by atoms with van der Waals surface area (Å²) in [5.41, 5.74) is 5.60. The summed E-state index contributed by atoms with van der Waals surface area (Å²) >= 11 is 12.6. The largest absolute Gasteiger partial charge is 0.489 e. The van der Waals surface area contributed by atoms with Gasteiger partial charge in [-0.05, 0) is 66.2 Å². The van der Waals surface area contributed by atoms with E-state index < -0.39 is 11.8 Å². The van der Waals surface area contributed by atoms with Gasteiger partial charge in [0.1, 0.15) is 12.4 Å². The Morgan fingerprint density at radius 3 is 2.67 bits per heavy atom. The average Bonchev–Trinajstić information content (AvgIpc) is 3.06. The fourth-order valence-corrected chi connectivity index (χ4v) is 4.62. The number of carbonyl (C=O) groups is 2. The molecule has 166 valence electrons. The minimum Gasteiger partial charge on any atom is -0.489 e. The van der Waals surface area contributed by atoms with Crippen molar-refractivity contribution in [1.82, 2.24) is 10.4 Å². The van der Waals surface area contributed by atoms with Crippen molar-refractivity contribution in [2.75, 3.05) is 0 Å². The van der Waals surface area contributed by atoms with Gasteiger partial charge in [0.2, 0.25) is 0 Å². The van der Waals surface area contributed by atoms with Crippen LogP contribution >= 0.6 is 35.6 Å². The third-order valence-corrected chi connectivity index (χ3v) is 6.40. The maximum Gasteiger partial charge on any atom is 0.285 e. The van der Waals surface area contributed by atoms with Crippen LogP contribution < -0.4 is 10.2 Å². The van der Waals surface area contributed by atoms with Crippen molar-refractivity contribution >= 4 is 57.8 Å². The summed E-state index contributed by atoms with van der Waals surface area (Å²) in [7, 11) is 0. The van der Waals surface area contributed by atoms with Crippen molar-refractivity contribution in [2.24, 2.45) is 0 Å². The molecule has 1 N–H and O–H groups in total. The van der Waals surface area contributed by atoms with E-state index in [4.69, 9.17) is 28.6 Å². The summed E-state index contributed by atoms with van der Waals surface area (Å²) in [6.07, 6.45) is 1.72. The molecule has 33 heavy (non-hydrogen) atoms. The first kappa shape index (κ1) is 23.0. The Morgan fingerprint density at radius 2 is 1.91 bits per heavy atom. The van der Waals surface area contributed by atoms with Gasteiger partial charge in [0.15, 0.2) is 4.32 Å². The van der Waals surface area contributed by atoms with E-state index >= 15 is 0 Å². The normalized spacial score (nSPS) is 14.6.